The molecule has 3 aromatic rings. The van der Waals surface area contributed by atoms with Crippen molar-refractivity contribution in [3.63, 3.8) is 0 Å². The van der Waals surface area contributed by atoms with Crippen LogP contribution in [0.15, 0.2) is 24.3 Å². The molecule has 156 valence electrons. The first kappa shape index (κ1) is 20.5. The average Bonchev–Trinajstić information content (AvgIpc) is 3.04. The fraction of sp³-hybridized carbons (Fsp3) is 0.455. The lowest BCUT2D eigenvalue weighted by Crippen LogP contribution is -2.32. The number of rotatable bonds is 3. The van der Waals surface area contributed by atoms with E-state index in [1.807, 2.05) is 0 Å². The van der Waals surface area contributed by atoms with E-state index in [2.05, 4.69) is 6.92 Å². The van der Waals surface area contributed by atoms with Crippen LogP contribution in [-0.2, 0) is 11.8 Å². The Labute approximate surface area is 169 Å². The predicted octanol–water partition coefficient (Wildman–Crippen LogP) is 7.53. The molecule has 1 fully saturated rings. The first-order valence-electron chi connectivity index (χ1n) is 9.79. The maximum atomic E-state index is 15.4. The highest BCUT2D eigenvalue weighted by molar-refractivity contribution is 7.25. The van der Waals surface area contributed by atoms with Crippen LogP contribution < -0.4 is 0 Å². The Bertz CT molecular complexity index is 1060. The second-order valence-corrected chi connectivity index (χ2v) is 8.99. The number of fused-ring (bicyclic) bond motifs is 3. The van der Waals surface area contributed by atoms with Gasteiger partial charge in [-0.1, -0.05) is 38.0 Å². The second-order valence-electron chi connectivity index (χ2n) is 7.97. The van der Waals surface area contributed by atoms with Gasteiger partial charge in [-0.3, -0.25) is 0 Å². The zero-order valence-corrected chi connectivity index (χ0v) is 16.7. The van der Waals surface area contributed by atoms with Crippen molar-refractivity contribution in [2.75, 3.05) is 0 Å². The third-order valence-electron chi connectivity index (χ3n) is 6.12. The summed E-state index contributed by atoms with van der Waals surface area (Å²) in [7, 11) is 0. The summed E-state index contributed by atoms with van der Waals surface area (Å²) in [5.74, 6) is -1.52. The van der Waals surface area contributed by atoms with Gasteiger partial charge in [-0.25, -0.2) is 8.78 Å². The molecule has 0 bridgehead atoms. The van der Waals surface area contributed by atoms with Crippen LogP contribution in [0, 0.1) is 17.6 Å². The van der Waals surface area contributed by atoms with E-state index in [1.165, 1.54) is 12.1 Å². The van der Waals surface area contributed by atoms with Gasteiger partial charge in [-0.05, 0) is 37.7 Å². The van der Waals surface area contributed by atoms with Crippen LogP contribution in [0.5, 0.6) is 0 Å². The Hall–Kier alpha value is -1.73. The first-order chi connectivity index (χ1) is 13.7. The van der Waals surface area contributed by atoms with E-state index >= 15 is 4.39 Å². The predicted molar refractivity (Wildman–Crippen MR) is 105 cm³/mol. The molecule has 1 aromatic heterocycles. The zero-order valence-electron chi connectivity index (χ0n) is 15.9. The Balaban J connectivity index is 1.80. The summed E-state index contributed by atoms with van der Waals surface area (Å²) in [6.45, 7) is 2.11. The Kier molecular flexibility index (Phi) is 5.10. The van der Waals surface area contributed by atoms with Crippen LogP contribution in [-0.4, -0.2) is 5.11 Å². The highest BCUT2D eigenvalue weighted by Gasteiger charge is 2.38. The normalized spacial score (nSPS) is 23.2. The van der Waals surface area contributed by atoms with Crippen LogP contribution in [0.4, 0.5) is 22.0 Å². The van der Waals surface area contributed by atoms with E-state index in [0.29, 0.717) is 41.5 Å². The van der Waals surface area contributed by atoms with Crippen molar-refractivity contribution in [2.24, 2.45) is 5.92 Å². The van der Waals surface area contributed by atoms with Crippen molar-refractivity contribution >= 4 is 31.5 Å². The molecule has 1 saturated carbocycles. The minimum Gasteiger partial charge on any atom is -0.385 e. The molecule has 29 heavy (non-hydrogen) atoms. The highest BCUT2D eigenvalue weighted by atomic mass is 32.1. The number of halogens is 5. The number of thiophene rings is 1. The van der Waals surface area contributed by atoms with Gasteiger partial charge in [0, 0.05) is 16.3 Å². The summed E-state index contributed by atoms with van der Waals surface area (Å²) in [6.07, 6.45) is -0.180. The smallest absolute Gasteiger partial charge is 0.385 e. The van der Waals surface area contributed by atoms with Crippen LogP contribution >= 0.6 is 11.3 Å². The molecular formula is C22H21F5OS. The largest absolute Gasteiger partial charge is 0.419 e. The number of benzene rings is 2. The summed E-state index contributed by atoms with van der Waals surface area (Å²) in [6, 6.07) is 4.96. The minimum absolute atomic E-state index is 0.0832. The summed E-state index contributed by atoms with van der Waals surface area (Å²) in [4.78, 5) is 0. The summed E-state index contributed by atoms with van der Waals surface area (Å²) < 4.78 is 68.8. The zero-order chi connectivity index (χ0) is 21.0. The van der Waals surface area contributed by atoms with Gasteiger partial charge in [0.1, 0.15) is 5.82 Å². The summed E-state index contributed by atoms with van der Waals surface area (Å²) in [5.41, 5.74) is -2.50. The van der Waals surface area contributed by atoms with Gasteiger partial charge < -0.3 is 5.11 Å². The van der Waals surface area contributed by atoms with Crippen molar-refractivity contribution < 1.29 is 27.1 Å². The lowest BCUT2D eigenvalue weighted by molar-refractivity contribution is -0.139. The highest BCUT2D eigenvalue weighted by Crippen LogP contribution is 2.46. The number of hydrogen-bond acceptors (Lipinski definition) is 2. The molecule has 0 atom stereocenters. The molecule has 0 amide bonds. The molecule has 7 heteroatoms. The van der Waals surface area contributed by atoms with E-state index in [9.17, 15) is 22.7 Å². The molecular weight excluding hydrogens is 407 g/mol. The molecule has 4 rings (SSSR count). The molecule has 1 heterocycles. The molecule has 0 spiro atoms. The Morgan fingerprint density at radius 1 is 1.00 bits per heavy atom. The molecule has 1 nitrogen and oxygen atoms in total. The van der Waals surface area contributed by atoms with Gasteiger partial charge in [0.2, 0.25) is 0 Å². The molecule has 0 unspecified atom stereocenters. The van der Waals surface area contributed by atoms with E-state index in [1.54, 1.807) is 6.07 Å². The first-order valence-corrected chi connectivity index (χ1v) is 10.6. The topological polar surface area (TPSA) is 20.2 Å². The molecule has 0 aliphatic heterocycles. The van der Waals surface area contributed by atoms with Gasteiger partial charge in [-0.2, -0.15) is 13.2 Å². The third-order valence-corrected chi connectivity index (χ3v) is 7.33. The van der Waals surface area contributed by atoms with Crippen LogP contribution in [0.2, 0.25) is 0 Å². The summed E-state index contributed by atoms with van der Waals surface area (Å²) >= 11 is 0.670. The van der Waals surface area contributed by atoms with Crippen molar-refractivity contribution in [2.45, 2.75) is 57.2 Å². The fourth-order valence-electron chi connectivity index (χ4n) is 4.54. The average molecular weight is 428 g/mol. The van der Waals surface area contributed by atoms with E-state index in [4.69, 9.17) is 0 Å². The lowest BCUT2D eigenvalue weighted by atomic mass is 9.74. The van der Waals surface area contributed by atoms with Gasteiger partial charge in [-0.15, -0.1) is 11.3 Å². The van der Waals surface area contributed by atoms with Gasteiger partial charge >= 0.3 is 6.18 Å². The molecule has 0 radical (unpaired) electrons. The molecule has 1 aliphatic carbocycles. The third kappa shape index (κ3) is 3.42. The lowest BCUT2D eigenvalue weighted by Gasteiger charge is -2.36. The van der Waals surface area contributed by atoms with Crippen molar-refractivity contribution in [3.8, 4) is 0 Å². The fourth-order valence-corrected chi connectivity index (χ4v) is 5.72. The van der Waals surface area contributed by atoms with E-state index in [0.717, 1.165) is 25.7 Å². The molecule has 1 N–H and O–H groups in total. The quantitative estimate of drug-likeness (QED) is 0.428. The monoisotopic (exact) mass is 428 g/mol. The number of aliphatic hydroxyl groups is 1. The van der Waals surface area contributed by atoms with Crippen molar-refractivity contribution in [3.05, 3.63) is 47.0 Å². The van der Waals surface area contributed by atoms with Crippen molar-refractivity contribution in [1.82, 2.24) is 0 Å². The van der Waals surface area contributed by atoms with Gasteiger partial charge in [0.05, 0.1) is 20.6 Å². The van der Waals surface area contributed by atoms with E-state index < -0.39 is 29.0 Å². The number of alkyl halides is 3. The molecule has 2 aromatic carbocycles. The Morgan fingerprint density at radius 2 is 1.59 bits per heavy atom. The SMILES string of the molecule is CCCC1CCC(O)(c2ccc3c(sc4c(F)c(C(F)(F)F)ccc43)c2F)CC1. The van der Waals surface area contributed by atoms with Gasteiger partial charge in [0.25, 0.3) is 0 Å². The van der Waals surface area contributed by atoms with Crippen LogP contribution in [0.25, 0.3) is 20.2 Å². The standard InChI is InChI=1S/C22H21F5OS/c1-2-3-12-8-10-21(28,11-9-12)15-6-4-13-14-5-7-16(22(25,26)27)18(24)20(14)29-19(13)17(15)23/h4-7,12,28H,2-3,8-11H2,1H3. The number of hydrogen-bond donors (Lipinski definition) is 1. The maximum absolute atomic E-state index is 15.4. The second kappa shape index (κ2) is 7.20. The summed E-state index contributed by atoms with van der Waals surface area (Å²) in [5, 5.41) is 11.7. The van der Waals surface area contributed by atoms with Crippen LogP contribution in [0.1, 0.15) is 56.6 Å². The molecule has 0 saturated heterocycles. The van der Waals surface area contributed by atoms with Crippen LogP contribution in [0.3, 0.4) is 0 Å². The Morgan fingerprint density at radius 3 is 2.17 bits per heavy atom. The van der Waals surface area contributed by atoms with Gasteiger partial charge in [0.15, 0.2) is 5.82 Å². The minimum atomic E-state index is -4.82. The maximum Gasteiger partial charge on any atom is 0.419 e. The van der Waals surface area contributed by atoms with E-state index in [-0.39, 0.29) is 20.3 Å². The van der Waals surface area contributed by atoms with Crippen molar-refractivity contribution in [1.29, 1.82) is 0 Å². The molecule has 1 aliphatic rings.